The van der Waals surface area contributed by atoms with Crippen LogP contribution in [0.2, 0.25) is 0 Å². The molecule has 0 unspecified atom stereocenters. The molecule has 1 aromatic carbocycles. The minimum absolute atomic E-state index is 0.321. The second-order valence-corrected chi connectivity index (χ2v) is 4.82. The second kappa shape index (κ2) is 4.82. The van der Waals surface area contributed by atoms with Crippen LogP contribution in [0, 0.1) is 0 Å². The van der Waals surface area contributed by atoms with Gasteiger partial charge in [0.25, 0.3) is 11.8 Å². The van der Waals surface area contributed by atoms with Gasteiger partial charge in [0, 0.05) is 11.5 Å². The van der Waals surface area contributed by atoms with Crippen LogP contribution in [-0.4, -0.2) is 38.5 Å². The molecule has 7 nitrogen and oxygen atoms in total. The van der Waals surface area contributed by atoms with E-state index in [1.54, 1.807) is 24.3 Å². The summed E-state index contributed by atoms with van der Waals surface area (Å²) in [7, 11) is 0. The fraction of sp³-hybridized carbons (Fsp3) is 0.0833. The molecule has 1 aliphatic heterocycles. The molecule has 3 rings (SSSR count). The lowest BCUT2D eigenvalue weighted by atomic mass is 10.1. The predicted octanol–water partition coefficient (Wildman–Crippen LogP) is 0.773. The van der Waals surface area contributed by atoms with Gasteiger partial charge in [-0.05, 0) is 12.1 Å². The molecule has 20 heavy (non-hydrogen) atoms. The maximum absolute atomic E-state index is 12.0. The predicted molar refractivity (Wildman–Crippen MR) is 70.3 cm³/mol. The first-order chi connectivity index (χ1) is 9.66. The molecule has 1 aliphatic rings. The highest BCUT2D eigenvalue weighted by molar-refractivity contribution is 7.09. The van der Waals surface area contributed by atoms with E-state index in [2.05, 4.69) is 14.7 Å². The molecular weight excluding hydrogens is 280 g/mol. The third-order valence-corrected chi connectivity index (χ3v) is 3.37. The Kier molecular flexibility index (Phi) is 2.99. The lowest BCUT2D eigenvalue weighted by Gasteiger charge is -2.12. The third kappa shape index (κ3) is 2.05. The SMILES string of the molecule is O=C(CN1C(=O)c2ccccc2C1=O)Nc1ncns1. The van der Waals surface area contributed by atoms with Crippen molar-refractivity contribution in [1.82, 2.24) is 14.3 Å². The fourth-order valence-corrected chi connectivity index (χ4v) is 2.36. The van der Waals surface area contributed by atoms with E-state index in [4.69, 9.17) is 0 Å². The lowest BCUT2D eigenvalue weighted by Crippen LogP contribution is -2.37. The Morgan fingerprint density at radius 3 is 2.40 bits per heavy atom. The molecule has 1 aromatic heterocycles. The summed E-state index contributed by atoms with van der Waals surface area (Å²) in [6.07, 6.45) is 1.31. The van der Waals surface area contributed by atoms with E-state index < -0.39 is 17.7 Å². The van der Waals surface area contributed by atoms with Crippen LogP contribution in [0.3, 0.4) is 0 Å². The number of amides is 3. The van der Waals surface area contributed by atoms with Crippen LogP contribution >= 0.6 is 11.5 Å². The number of benzene rings is 1. The standard InChI is InChI=1S/C12H8N4O3S/c17-9(15-12-13-6-14-20-12)5-16-10(18)7-3-1-2-4-8(7)11(16)19/h1-4,6H,5H2,(H,13,14,15,17). The first-order valence-electron chi connectivity index (χ1n) is 5.68. The zero-order valence-electron chi connectivity index (χ0n) is 10.1. The van der Waals surface area contributed by atoms with Gasteiger partial charge in [0.1, 0.15) is 12.9 Å². The van der Waals surface area contributed by atoms with Crippen LogP contribution in [0.15, 0.2) is 30.6 Å². The Hall–Kier alpha value is -2.61. The van der Waals surface area contributed by atoms with Crippen LogP contribution in [-0.2, 0) is 4.79 Å². The molecule has 2 heterocycles. The van der Waals surface area contributed by atoms with Crippen molar-refractivity contribution < 1.29 is 14.4 Å². The number of hydrogen-bond acceptors (Lipinski definition) is 6. The molecule has 0 fully saturated rings. The number of rotatable bonds is 3. The summed E-state index contributed by atoms with van der Waals surface area (Å²) < 4.78 is 3.74. The molecule has 0 radical (unpaired) electrons. The zero-order valence-corrected chi connectivity index (χ0v) is 10.9. The number of nitrogens with one attached hydrogen (secondary N) is 1. The average Bonchev–Trinajstić information content (AvgIpc) is 3.03. The quantitative estimate of drug-likeness (QED) is 0.842. The van der Waals surface area contributed by atoms with E-state index in [0.29, 0.717) is 16.3 Å². The van der Waals surface area contributed by atoms with Gasteiger partial charge in [-0.15, -0.1) is 0 Å². The number of nitrogens with zero attached hydrogens (tertiary/aromatic N) is 3. The topological polar surface area (TPSA) is 92.3 Å². The third-order valence-electron chi connectivity index (χ3n) is 2.79. The van der Waals surface area contributed by atoms with E-state index in [1.807, 2.05) is 0 Å². The Morgan fingerprint density at radius 2 is 1.85 bits per heavy atom. The summed E-state index contributed by atoms with van der Waals surface area (Å²) >= 11 is 1.02. The van der Waals surface area contributed by atoms with Gasteiger partial charge in [-0.2, -0.15) is 4.37 Å². The van der Waals surface area contributed by atoms with Crippen molar-refractivity contribution in [1.29, 1.82) is 0 Å². The summed E-state index contributed by atoms with van der Waals surface area (Å²) in [6.45, 7) is -0.341. The maximum atomic E-state index is 12.0. The Balaban J connectivity index is 1.75. The highest BCUT2D eigenvalue weighted by atomic mass is 32.1. The second-order valence-electron chi connectivity index (χ2n) is 4.04. The molecule has 8 heteroatoms. The highest BCUT2D eigenvalue weighted by Gasteiger charge is 2.36. The van der Waals surface area contributed by atoms with E-state index >= 15 is 0 Å². The number of aromatic nitrogens is 2. The van der Waals surface area contributed by atoms with Crippen LogP contribution < -0.4 is 5.32 Å². The summed E-state index contributed by atoms with van der Waals surface area (Å²) in [5, 5.41) is 2.80. The molecule has 1 N–H and O–H groups in total. The number of imide groups is 1. The molecule has 0 saturated carbocycles. The van der Waals surface area contributed by atoms with Gasteiger partial charge in [-0.1, -0.05) is 12.1 Å². The molecule has 100 valence electrons. The minimum Gasteiger partial charge on any atom is -0.299 e. The van der Waals surface area contributed by atoms with E-state index in [1.165, 1.54) is 6.33 Å². The highest BCUT2D eigenvalue weighted by Crippen LogP contribution is 2.22. The molecule has 0 saturated heterocycles. The number of anilines is 1. The lowest BCUT2D eigenvalue weighted by molar-refractivity contribution is -0.116. The molecule has 0 aliphatic carbocycles. The zero-order chi connectivity index (χ0) is 14.1. The number of hydrogen-bond donors (Lipinski definition) is 1. The molecule has 0 bridgehead atoms. The molecular formula is C12H8N4O3S. The van der Waals surface area contributed by atoms with Crippen molar-refractivity contribution >= 4 is 34.4 Å². The minimum atomic E-state index is -0.490. The number of fused-ring (bicyclic) bond motifs is 1. The van der Waals surface area contributed by atoms with Crippen LogP contribution in [0.4, 0.5) is 5.13 Å². The largest absolute Gasteiger partial charge is 0.299 e. The smallest absolute Gasteiger partial charge is 0.262 e. The van der Waals surface area contributed by atoms with E-state index in [0.717, 1.165) is 16.4 Å². The van der Waals surface area contributed by atoms with Crippen LogP contribution in [0.1, 0.15) is 20.7 Å². The molecule has 2 aromatic rings. The van der Waals surface area contributed by atoms with Crippen molar-refractivity contribution in [3.63, 3.8) is 0 Å². The number of carbonyl (C=O) groups excluding carboxylic acids is 3. The van der Waals surface area contributed by atoms with Gasteiger partial charge in [0.2, 0.25) is 11.0 Å². The van der Waals surface area contributed by atoms with E-state index in [-0.39, 0.29) is 6.54 Å². The normalized spacial score (nSPS) is 13.5. The van der Waals surface area contributed by atoms with Crippen molar-refractivity contribution in [2.24, 2.45) is 0 Å². The van der Waals surface area contributed by atoms with Crippen molar-refractivity contribution in [3.05, 3.63) is 41.7 Å². The van der Waals surface area contributed by atoms with Crippen LogP contribution in [0.5, 0.6) is 0 Å². The van der Waals surface area contributed by atoms with Crippen molar-refractivity contribution in [3.8, 4) is 0 Å². The Morgan fingerprint density at radius 1 is 1.20 bits per heavy atom. The van der Waals surface area contributed by atoms with Gasteiger partial charge in [0.05, 0.1) is 11.1 Å². The Bertz CT molecular complexity index is 663. The van der Waals surface area contributed by atoms with Gasteiger partial charge in [-0.25, -0.2) is 4.98 Å². The Labute approximate surface area is 117 Å². The number of carbonyl (C=O) groups is 3. The monoisotopic (exact) mass is 288 g/mol. The average molecular weight is 288 g/mol. The van der Waals surface area contributed by atoms with Crippen molar-refractivity contribution in [2.75, 3.05) is 11.9 Å². The molecule has 0 atom stereocenters. The summed E-state index contributed by atoms with van der Waals surface area (Å²) in [4.78, 5) is 40.6. The molecule has 0 spiro atoms. The summed E-state index contributed by atoms with van der Waals surface area (Å²) in [5.74, 6) is -1.41. The summed E-state index contributed by atoms with van der Waals surface area (Å²) in [5.41, 5.74) is 0.641. The van der Waals surface area contributed by atoms with Gasteiger partial charge in [-0.3, -0.25) is 24.6 Å². The first kappa shape index (κ1) is 12.4. The fourth-order valence-electron chi connectivity index (χ4n) is 1.91. The van der Waals surface area contributed by atoms with E-state index in [9.17, 15) is 14.4 Å². The van der Waals surface area contributed by atoms with Gasteiger partial charge >= 0.3 is 0 Å². The maximum Gasteiger partial charge on any atom is 0.262 e. The summed E-state index contributed by atoms with van der Waals surface area (Å²) in [6, 6.07) is 6.49. The van der Waals surface area contributed by atoms with Crippen LogP contribution in [0.25, 0.3) is 0 Å². The first-order valence-corrected chi connectivity index (χ1v) is 6.46. The van der Waals surface area contributed by atoms with Gasteiger partial charge < -0.3 is 0 Å². The van der Waals surface area contributed by atoms with Gasteiger partial charge in [0.15, 0.2) is 0 Å². The molecule has 3 amide bonds. The van der Waals surface area contributed by atoms with Crippen molar-refractivity contribution in [2.45, 2.75) is 0 Å².